The van der Waals surface area contributed by atoms with E-state index < -0.39 is 0 Å². The number of nitrogens with zero attached hydrogens (tertiary/aromatic N) is 3. The van der Waals surface area contributed by atoms with Gasteiger partial charge in [0.2, 0.25) is 5.88 Å². The smallest absolute Gasteiger partial charge is 0.322 e. The van der Waals surface area contributed by atoms with Crippen LogP contribution in [0.25, 0.3) is 0 Å². The second-order valence-corrected chi connectivity index (χ2v) is 6.54. The van der Waals surface area contributed by atoms with Crippen LogP contribution in [0.5, 0.6) is 11.6 Å². The van der Waals surface area contributed by atoms with E-state index in [-0.39, 0.29) is 11.8 Å². The fourth-order valence-corrected chi connectivity index (χ4v) is 3.30. The molecule has 3 rings (SSSR count). The predicted molar refractivity (Wildman–Crippen MR) is 106 cm³/mol. The molecule has 1 saturated heterocycles. The first-order chi connectivity index (χ1) is 13.0. The second-order valence-electron chi connectivity index (χ2n) is 6.54. The number of phenols is 1. The highest BCUT2D eigenvalue weighted by atomic mass is 16.5. The van der Waals surface area contributed by atoms with Crippen molar-refractivity contribution >= 4 is 17.4 Å². The van der Waals surface area contributed by atoms with Crippen molar-refractivity contribution in [3.05, 3.63) is 41.6 Å². The Bertz CT molecular complexity index is 817. The fraction of sp³-hybridized carbons (Fsp3) is 0.400. The quantitative estimate of drug-likeness (QED) is 0.865. The molecule has 2 N–H and O–H groups in total. The van der Waals surface area contributed by atoms with E-state index in [0.717, 1.165) is 23.4 Å². The van der Waals surface area contributed by atoms with Crippen molar-refractivity contribution < 1.29 is 14.6 Å². The van der Waals surface area contributed by atoms with Crippen molar-refractivity contribution in [2.75, 3.05) is 43.5 Å². The van der Waals surface area contributed by atoms with E-state index in [9.17, 15) is 9.90 Å². The first-order valence-corrected chi connectivity index (χ1v) is 9.16. The van der Waals surface area contributed by atoms with Gasteiger partial charge < -0.3 is 25.0 Å². The minimum Gasteiger partial charge on any atom is -0.506 e. The molecule has 0 radical (unpaired) electrons. The lowest BCUT2D eigenvalue weighted by atomic mass is 10.1. The minimum absolute atomic E-state index is 0.169. The Morgan fingerprint density at radius 1 is 1.26 bits per heavy atom. The van der Waals surface area contributed by atoms with Gasteiger partial charge in [-0.15, -0.1) is 0 Å². The number of para-hydroxylation sites is 2. The molecule has 0 saturated carbocycles. The van der Waals surface area contributed by atoms with Crippen LogP contribution in [0.4, 0.5) is 16.2 Å². The van der Waals surface area contributed by atoms with E-state index in [1.807, 2.05) is 25.1 Å². The summed E-state index contributed by atoms with van der Waals surface area (Å²) in [5, 5.41) is 12.9. The molecule has 1 aromatic heterocycles. The number of methoxy groups -OCH3 is 1. The molecule has 2 amide bonds. The van der Waals surface area contributed by atoms with Crippen LogP contribution >= 0.6 is 0 Å². The lowest BCUT2D eigenvalue weighted by Crippen LogP contribution is -2.50. The number of anilines is 2. The summed E-state index contributed by atoms with van der Waals surface area (Å²) in [6.45, 7) is 6.46. The number of phenolic OH excluding ortho intramolecular Hbond substituents is 1. The topological polar surface area (TPSA) is 77.9 Å². The van der Waals surface area contributed by atoms with E-state index in [1.165, 1.54) is 0 Å². The van der Waals surface area contributed by atoms with Crippen molar-refractivity contribution in [2.45, 2.75) is 20.3 Å². The van der Waals surface area contributed by atoms with Crippen LogP contribution in [0.15, 0.2) is 30.3 Å². The number of piperazine rings is 1. The molecule has 144 valence electrons. The zero-order valence-corrected chi connectivity index (χ0v) is 16.0. The van der Waals surface area contributed by atoms with Gasteiger partial charge in [-0.1, -0.05) is 19.1 Å². The number of urea groups is 1. The summed E-state index contributed by atoms with van der Waals surface area (Å²) < 4.78 is 5.32. The van der Waals surface area contributed by atoms with Crippen LogP contribution < -0.4 is 15.0 Å². The van der Waals surface area contributed by atoms with Gasteiger partial charge in [-0.3, -0.25) is 0 Å². The molecule has 27 heavy (non-hydrogen) atoms. The van der Waals surface area contributed by atoms with Gasteiger partial charge in [0.1, 0.15) is 11.4 Å². The average Bonchev–Trinajstić information content (AvgIpc) is 2.69. The lowest BCUT2D eigenvalue weighted by molar-refractivity contribution is 0.208. The zero-order chi connectivity index (χ0) is 19.4. The van der Waals surface area contributed by atoms with Crippen LogP contribution in [0.3, 0.4) is 0 Å². The van der Waals surface area contributed by atoms with Gasteiger partial charge in [-0.25, -0.2) is 9.78 Å². The summed E-state index contributed by atoms with van der Waals surface area (Å²) in [4.78, 5) is 21.0. The maximum absolute atomic E-state index is 12.7. The molecule has 0 bridgehead atoms. The molecule has 1 aliphatic heterocycles. The Morgan fingerprint density at radius 3 is 2.59 bits per heavy atom. The number of aryl methyl sites for hydroxylation is 2. The van der Waals surface area contributed by atoms with Crippen LogP contribution in [0.2, 0.25) is 0 Å². The highest BCUT2D eigenvalue weighted by Gasteiger charge is 2.23. The number of rotatable bonds is 4. The maximum Gasteiger partial charge on any atom is 0.322 e. The van der Waals surface area contributed by atoms with Crippen molar-refractivity contribution in [2.24, 2.45) is 0 Å². The van der Waals surface area contributed by atoms with Crippen molar-refractivity contribution in [1.29, 1.82) is 0 Å². The second kappa shape index (κ2) is 8.16. The third-order valence-corrected chi connectivity index (χ3v) is 4.89. The largest absolute Gasteiger partial charge is 0.506 e. The fourth-order valence-electron chi connectivity index (χ4n) is 3.30. The summed E-state index contributed by atoms with van der Waals surface area (Å²) >= 11 is 0. The number of carbonyl (C=O) groups is 1. The maximum atomic E-state index is 12.7. The summed E-state index contributed by atoms with van der Waals surface area (Å²) in [7, 11) is 1.55. The van der Waals surface area contributed by atoms with Crippen LogP contribution in [-0.4, -0.2) is 54.3 Å². The lowest BCUT2D eigenvalue weighted by Gasteiger charge is -2.36. The van der Waals surface area contributed by atoms with Crippen molar-refractivity contribution in [1.82, 2.24) is 9.88 Å². The van der Waals surface area contributed by atoms with Gasteiger partial charge in [0, 0.05) is 31.9 Å². The normalized spacial score (nSPS) is 14.2. The van der Waals surface area contributed by atoms with E-state index in [1.54, 1.807) is 24.1 Å². The van der Waals surface area contributed by atoms with Crippen LogP contribution in [-0.2, 0) is 6.42 Å². The zero-order valence-electron chi connectivity index (χ0n) is 16.0. The SMILES string of the molecule is CCc1cc(NC(=O)N2CCN(c3ccccc3O)CC2)c(OC)nc1C. The first-order valence-electron chi connectivity index (χ1n) is 9.16. The van der Waals surface area contributed by atoms with Gasteiger partial charge in [0.15, 0.2) is 0 Å². The van der Waals surface area contributed by atoms with Gasteiger partial charge in [-0.2, -0.15) is 0 Å². The molecule has 0 unspecified atom stereocenters. The Morgan fingerprint density at radius 2 is 1.96 bits per heavy atom. The van der Waals surface area contributed by atoms with E-state index >= 15 is 0 Å². The third-order valence-electron chi connectivity index (χ3n) is 4.89. The summed E-state index contributed by atoms with van der Waals surface area (Å²) in [5.41, 5.74) is 3.38. The molecule has 0 atom stereocenters. The number of hydrogen-bond acceptors (Lipinski definition) is 5. The molecular formula is C20H26N4O3. The third kappa shape index (κ3) is 4.07. The van der Waals surface area contributed by atoms with E-state index in [2.05, 4.69) is 22.1 Å². The summed E-state index contributed by atoms with van der Waals surface area (Å²) in [6.07, 6.45) is 0.838. The van der Waals surface area contributed by atoms with Gasteiger partial charge in [0.25, 0.3) is 0 Å². The molecule has 7 nitrogen and oxygen atoms in total. The molecule has 1 aromatic carbocycles. The standard InChI is InChI=1S/C20H26N4O3/c1-4-15-13-16(19(27-3)21-14(15)2)22-20(26)24-11-9-23(10-12-24)17-7-5-6-8-18(17)25/h5-8,13,25H,4,9-12H2,1-3H3,(H,22,26). The minimum atomic E-state index is -0.169. The molecule has 2 heterocycles. The number of nitrogens with one attached hydrogen (secondary N) is 1. The molecule has 2 aromatic rings. The van der Waals surface area contributed by atoms with Gasteiger partial charge >= 0.3 is 6.03 Å². The Kier molecular flexibility index (Phi) is 5.69. The number of pyridine rings is 1. The molecular weight excluding hydrogens is 344 g/mol. The van der Waals surface area contributed by atoms with E-state index in [4.69, 9.17) is 4.74 Å². The monoisotopic (exact) mass is 370 g/mol. The summed E-state index contributed by atoms with van der Waals surface area (Å²) in [6, 6.07) is 9.03. The number of aromatic hydroxyl groups is 1. The van der Waals surface area contributed by atoms with E-state index in [0.29, 0.717) is 37.7 Å². The van der Waals surface area contributed by atoms with Gasteiger partial charge in [-0.05, 0) is 37.1 Å². The number of hydrogen-bond donors (Lipinski definition) is 2. The first kappa shape index (κ1) is 18.8. The predicted octanol–water partition coefficient (Wildman–Crippen LogP) is 3.02. The molecule has 7 heteroatoms. The van der Waals surface area contributed by atoms with Crippen LogP contribution in [0.1, 0.15) is 18.2 Å². The molecule has 1 aliphatic rings. The number of carbonyl (C=O) groups excluding carboxylic acids is 1. The van der Waals surface area contributed by atoms with Crippen molar-refractivity contribution in [3.63, 3.8) is 0 Å². The Labute approximate surface area is 159 Å². The number of amides is 2. The highest BCUT2D eigenvalue weighted by Crippen LogP contribution is 2.28. The number of ether oxygens (including phenoxy) is 1. The van der Waals surface area contributed by atoms with Gasteiger partial charge in [0.05, 0.1) is 12.8 Å². The number of aromatic nitrogens is 1. The molecule has 0 spiro atoms. The Balaban J connectivity index is 1.66. The highest BCUT2D eigenvalue weighted by molar-refractivity contribution is 5.91. The molecule has 1 fully saturated rings. The van der Waals surface area contributed by atoms with Crippen LogP contribution in [0, 0.1) is 6.92 Å². The van der Waals surface area contributed by atoms with Crippen molar-refractivity contribution in [3.8, 4) is 11.6 Å². The molecule has 0 aliphatic carbocycles. The number of benzene rings is 1. The Hall–Kier alpha value is -2.96. The average molecular weight is 370 g/mol. The summed E-state index contributed by atoms with van der Waals surface area (Å²) in [5.74, 6) is 0.684.